The summed E-state index contributed by atoms with van der Waals surface area (Å²) in [6.45, 7) is 0. The van der Waals surface area contributed by atoms with Gasteiger partial charge in [-0.1, -0.05) is 12.1 Å². The number of halogens is 4. The first-order valence-electron chi connectivity index (χ1n) is 6.39. The van der Waals surface area contributed by atoms with Gasteiger partial charge in [-0.05, 0) is 35.4 Å². The lowest BCUT2D eigenvalue weighted by Gasteiger charge is -2.10. The monoisotopic (exact) mass is 324 g/mol. The number of hydrogen-bond acceptors (Lipinski definition) is 2. The van der Waals surface area contributed by atoms with Crippen molar-refractivity contribution in [1.82, 2.24) is 9.97 Å². The first-order valence-corrected chi connectivity index (χ1v) is 6.39. The number of fused-ring (bicyclic) bond motifs is 1. The summed E-state index contributed by atoms with van der Waals surface area (Å²) < 4.78 is 51.3. The van der Waals surface area contributed by atoms with Gasteiger partial charge in [-0.2, -0.15) is 13.2 Å². The van der Waals surface area contributed by atoms with Gasteiger partial charge in [0, 0.05) is 0 Å². The van der Waals surface area contributed by atoms with Gasteiger partial charge in [-0.15, -0.1) is 0 Å². The second-order valence-corrected chi connectivity index (χ2v) is 4.86. The zero-order valence-electron chi connectivity index (χ0n) is 11.3. The number of rotatable bonds is 1. The maximum Gasteiger partial charge on any atom is 0.419 e. The summed E-state index contributed by atoms with van der Waals surface area (Å²) in [5, 5.41) is 0. The predicted molar refractivity (Wildman–Crippen MR) is 75.6 cm³/mol. The number of hydrogen-bond donors (Lipinski definition) is 2. The van der Waals surface area contributed by atoms with E-state index in [4.69, 9.17) is 0 Å². The minimum absolute atomic E-state index is 0.212. The number of H-pyrrole nitrogens is 2. The van der Waals surface area contributed by atoms with E-state index in [-0.39, 0.29) is 11.1 Å². The summed E-state index contributed by atoms with van der Waals surface area (Å²) in [5.41, 5.74) is -1.77. The van der Waals surface area contributed by atoms with Crippen LogP contribution in [-0.2, 0) is 6.18 Å². The topological polar surface area (TPSA) is 65.7 Å². The molecule has 0 radical (unpaired) electrons. The smallest absolute Gasteiger partial charge is 0.316 e. The van der Waals surface area contributed by atoms with Crippen LogP contribution in [-0.4, -0.2) is 9.97 Å². The van der Waals surface area contributed by atoms with E-state index in [0.717, 1.165) is 12.1 Å². The molecule has 0 saturated carbocycles. The molecule has 118 valence electrons. The van der Waals surface area contributed by atoms with Crippen LogP contribution in [0.1, 0.15) is 5.56 Å². The van der Waals surface area contributed by atoms with Crippen LogP contribution in [0.3, 0.4) is 0 Å². The van der Waals surface area contributed by atoms with Crippen LogP contribution in [0.25, 0.3) is 22.2 Å². The van der Waals surface area contributed by atoms with Crippen molar-refractivity contribution < 1.29 is 17.6 Å². The van der Waals surface area contributed by atoms with Crippen LogP contribution >= 0.6 is 0 Å². The molecular weight excluding hydrogens is 316 g/mol. The number of aromatic amines is 2. The standard InChI is InChI=1S/C15H8F4N2O2/c16-10-5-7(1-3-9(10)15(17,18)19)8-2-4-11-12(6-8)21-14(23)13(22)20-11/h1-6H,(H,20,22)(H,21,23). The molecule has 4 nitrogen and oxygen atoms in total. The number of aromatic nitrogens is 2. The quantitative estimate of drug-likeness (QED) is 0.534. The van der Waals surface area contributed by atoms with Crippen LogP contribution in [0.5, 0.6) is 0 Å². The molecular formula is C15H8F4N2O2. The average Bonchev–Trinajstić information content (AvgIpc) is 2.46. The summed E-state index contributed by atoms with van der Waals surface area (Å²) in [4.78, 5) is 27.2. The van der Waals surface area contributed by atoms with E-state index >= 15 is 0 Å². The van der Waals surface area contributed by atoms with E-state index in [1.54, 1.807) is 0 Å². The number of nitrogens with one attached hydrogen (secondary N) is 2. The van der Waals surface area contributed by atoms with Crippen molar-refractivity contribution in [1.29, 1.82) is 0 Å². The fourth-order valence-electron chi connectivity index (χ4n) is 2.22. The van der Waals surface area contributed by atoms with Gasteiger partial charge in [0.2, 0.25) is 0 Å². The lowest BCUT2D eigenvalue weighted by atomic mass is 10.0. The molecule has 0 aliphatic heterocycles. The molecule has 3 aromatic rings. The Balaban J connectivity index is 2.13. The largest absolute Gasteiger partial charge is 0.419 e. The summed E-state index contributed by atoms with van der Waals surface area (Å²) >= 11 is 0. The van der Waals surface area contributed by atoms with Crippen LogP contribution < -0.4 is 11.1 Å². The van der Waals surface area contributed by atoms with E-state index in [9.17, 15) is 27.2 Å². The minimum atomic E-state index is -4.77. The number of alkyl halides is 3. The molecule has 0 aliphatic carbocycles. The Morgan fingerprint density at radius 2 is 1.35 bits per heavy atom. The SMILES string of the molecule is O=c1[nH]c2ccc(-c3ccc(C(F)(F)F)c(F)c3)cc2[nH]c1=O. The third-order valence-corrected chi connectivity index (χ3v) is 3.33. The lowest BCUT2D eigenvalue weighted by Crippen LogP contribution is -2.28. The van der Waals surface area contributed by atoms with Gasteiger partial charge in [0.1, 0.15) is 5.82 Å². The molecule has 0 spiro atoms. The molecule has 1 aromatic heterocycles. The van der Waals surface area contributed by atoms with Crippen molar-refractivity contribution >= 4 is 11.0 Å². The highest BCUT2D eigenvalue weighted by atomic mass is 19.4. The maximum atomic E-state index is 13.6. The Bertz CT molecular complexity index is 1020. The molecule has 0 unspecified atom stereocenters. The highest BCUT2D eigenvalue weighted by molar-refractivity contribution is 5.81. The van der Waals surface area contributed by atoms with Crippen LogP contribution in [0.15, 0.2) is 46.0 Å². The zero-order chi connectivity index (χ0) is 16.8. The molecule has 0 saturated heterocycles. The molecule has 0 amide bonds. The third-order valence-electron chi connectivity index (χ3n) is 3.33. The highest BCUT2D eigenvalue weighted by Gasteiger charge is 2.33. The molecule has 2 N–H and O–H groups in total. The predicted octanol–water partition coefficient (Wildman–Crippen LogP) is 3.04. The second kappa shape index (κ2) is 5.08. The molecule has 0 atom stereocenters. The van der Waals surface area contributed by atoms with Gasteiger partial charge in [0.25, 0.3) is 0 Å². The Hall–Kier alpha value is -2.90. The van der Waals surface area contributed by atoms with Crippen LogP contribution in [0.2, 0.25) is 0 Å². The van der Waals surface area contributed by atoms with Gasteiger partial charge in [-0.25, -0.2) is 4.39 Å². The van der Waals surface area contributed by atoms with Gasteiger partial charge < -0.3 is 9.97 Å². The second-order valence-electron chi connectivity index (χ2n) is 4.86. The van der Waals surface area contributed by atoms with E-state index < -0.39 is 28.7 Å². The lowest BCUT2D eigenvalue weighted by molar-refractivity contribution is -0.139. The fraction of sp³-hybridized carbons (Fsp3) is 0.0667. The molecule has 0 aliphatic rings. The molecule has 0 fully saturated rings. The molecule has 3 rings (SSSR count). The zero-order valence-corrected chi connectivity index (χ0v) is 11.3. The van der Waals surface area contributed by atoms with Crippen molar-refractivity contribution in [2.75, 3.05) is 0 Å². The summed E-state index contributed by atoms with van der Waals surface area (Å²) in [7, 11) is 0. The van der Waals surface area contributed by atoms with E-state index in [2.05, 4.69) is 9.97 Å². The molecule has 1 heterocycles. The van der Waals surface area contributed by atoms with Gasteiger partial charge >= 0.3 is 17.3 Å². The summed E-state index contributed by atoms with van der Waals surface area (Å²) in [6.07, 6.45) is -4.77. The van der Waals surface area contributed by atoms with E-state index in [0.29, 0.717) is 17.1 Å². The first kappa shape index (κ1) is 15.0. The summed E-state index contributed by atoms with van der Waals surface area (Å²) in [6, 6.07) is 6.97. The van der Waals surface area contributed by atoms with Crippen LogP contribution in [0.4, 0.5) is 17.6 Å². The van der Waals surface area contributed by atoms with Crippen molar-refractivity contribution in [2.45, 2.75) is 6.18 Å². The minimum Gasteiger partial charge on any atom is -0.316 e. The number of benzene rings is 2. The van der Waals surface area contributed by atoms with Crippen molar-refractivity contribution in [3.63, 3.8) is 0 Å². The van der Waals surface area contributed by atoms with Crippen molar-refractivity contribution in [2.24, 2.45) is 0 Å². The molecule has 2 aromatic carbocycles. The van der Waals surface area contributed by atoms with Crippen molar-refractivity contribution in [3.05, 3.63) is 68.5 Å². The Morgan fingerprint density at radius 1 is 0.783 bits per heavy atom. The van der Waals surface area contributed by atoms with Gasteiger partial charge in [0.15, 0.2) is 0 Å². The molecule has 23 heavy (non-hydrogen) atoms. The fourth-order valence-corrected chi connectivity index (χ4v) is 2.22. The van der Waals surface area contributed by atoms with E-state index in [1.165, 1.54) is 18.2 Å². The normalized spacial score (nSPS) is 11.8. The van der Waals surface area contributed by atoms with Crippen LogP contribution in [0, 0.1) is 5.82 Å². The average molecular weight is 324 g/mol. The van der Waals surface area contributed by atoms with Gasteiger partial charge in [0.05, 0.1) is 16.6 Å². The maximum absolute atomic E-state index is 13.6. The molecule has 8 heteroatoms. The van der Waals surface area contributed by atoms with Gasteiger partial charge in [-0.3, -0.25) is 9.59 Å². The summed E-state index contributed by atoms with van der Waals surface area (Å²) in [5.74, 6) is -1.38. The third kappa shape index (κ3) is 2.75. The Labute approximate surface area is 125 Å². The molecule has 0 bridgehead atoms. The Morgan fingerprint density at radius 3 is 1.96 bits per heavy atom. The van der Waals surface area contributed by atoms with Crippen molar-refractivity contribution in [3.8, 4) is 11.1 Å². The Kier molecular flexibility index (Phi) is 3.32. The van der Waals surface area contributed by atoms with E-state index in [1.807, 2.05) is 0 Å². The highest BCUT2D eigenvalue weighted by Crippen LogP contribution is 2.33. The first-order chi connectivity index (χ1) is 10.8.